The van der Waals surface area contributed by atoms with Crippen LogP contribution in [0.15, 0.2) is 48.6 Å². The van der Waals surface area contributed by atoms with Crippen molar-refractivity contribution in [1.29, 1.82) is 0 Å². The zero-order valence-corrected chi connectivity index (χ0v) is 7.43. The lowest BCUT2D eigenvalue weighted by molar-refractivity contribution is 1.19. The van der Waals surface area contributed by atoms with Gasteiger partial charge in [0, 0.05) is 0 Å². The highest BCUT2D eigenvalue weighted by atomic mass is 14.0. The summed E-state index contributed by atoms with van der Waals surface area (Å²) in [7, 11) is 0. The molecule has 0 rings (SSSR count). The molecule has 0 heterocycles. The summed E-state index contributed by atoms with van der Waals surface area (Å²) in [6.45, 7) is 11.6. The number of hydrogen-bond acceptors (Lipinski definition) is 0. The molecule has 0 fully saturated rings. The van der Waals surface area contributed by atoms with Crippen molar-refractivity contribution >= 4 is 0 Å². The summed E-state index contributed by atoms with van der Waals surface area (Å²) in [6.07, 6.45) is 8.84. The summed E-state index contributed by atoms with van der Waals surface area (Å²) in [5.74, 6) is 0. The molecule has 0 bridgehead atoms. The largest absolute Gasteiger partial charge is 0.0990 e. The first kappa shape index (κ1) is 9.96. The molecule has 0 aromatic rings. The van der Waals surface area contributed by atoms with Gasteiger partial charge in [0.05, 0.1) is 0 Å². The van der Waals surface area contributed by atoms with Gasteiger partial charge in [0.15, 0.2) is 0 Å². The van der Waals surface area contributed by atoms with Crippen LogP contribution in [0, 0.1) is 0 Å². The summed E-state index contributed by atoms with van der Waals surface area (Å²) in [6, 6.07) is 0. The molecule has 0 aliphatic carbocycles. The smallest absolute Gasteiger partial charge is 0.0237 e. The molecule has 0 atom stereocenters. The van der Waals surface area contributed by atoms with Gasteiger partial charge >= 0.3 is 0 Å². The Kier molecular flexibility index (Phi) is 5.18. The molecule has 0 heteroatoms. The first-order valence-corrected chi connectivity index (χ1v) is 3.88. The molecule has 0 saturated heterocycles. The van der Waals surface area contributed by atoms with Gasteiger partial charge in [0.25, 0.3) is 0 Å². The first-order valence-electron chi connectivity index (χ1n) is 3.88. The second-order valence-electron chi connectivity index (χ2n) is 2.36. The minimum atomic E-state index is 1.06. The summed E-state index contributed by atoms with van der Waals surface area (Å²) in [5.41, 5.74) is 2.42. The van der Waals surface area contributed by atoms with E-state index in [0.717, 1.165) is 12.0 Å². The van der Waals surface area contributed by atoms with E-state index in [0.29, 0.717) is 0 Å². The van der Waals surface area contributed by atoms with E-state index in [9.17, 15) is 0 Å². The molecular weight excluding hydrogens is 132 g/mol. The fourth-order valence-corrected chi connectivity index (χ4v) is 0.911. The van der Waals surface area contributed by atoms with Gasteiger partial charge in [-0.1, -0.05) is 44.4 Å². The van der Waals surface area contributed by atoms with Crippen LogP contribution in [0.3, 0.4) is 0 Å². The molecule has 0 nitrogen and oxygen atoms in total. The van der Waals surface area contributed by atoms with Crippen LogP contribution < -0.4 is 0 Å². The molecule has 0 radical (unpaired) electrons. The second-order valence-corrected chi connectivity index (χ2v) is 2.36. The van der Waals surface area contributed by atoms with E-state index in [1.165, 1.54) is 5.57 Å². The molecule has 0 aliphatic rings. The van der Waals surface area contributed by atoms with Crippen LogP contribution in [-0.4, -0.2) is 0 Å². The molecule has 0 aromatic carbocycles. The Hall–Kier alpha value is -1.04. The van der Waals surface area contributed by atoms with Crippen LogP contribution in [0.4, 0.5) is 0 Å². The van der Waals surface area contributed by atoms with Crippen LogP contribution in [0.5, 0.6) is 0 Å². The minimum Gasteiger partial charge on any atom is -0.0990 e. The Morgan fingerprint density at radius 3 is 2.36 bits per heavy atom. The van der Waals surface area contributed by atoms with Gasteiger partial charge in [-0.15, -0.1) is 0 Å². The molecule has 60 valence electrons. The Bertz CT molecular complexity index is 192. The fourth-order valence-electron chi connectivity index (χ4n) is 0.911. The van der Waals surface area contributed by atoms with E-state index in [1.54, 1.807) is 6.08 Å². The van der Waals surface area contributed by atoms with Crippen molar-refractivity contribution in [2.75, 3.05) is 0 Å². The highest BCUT2D eigenvalue weighted by Crippen LogP contribution is 2.10. The lowest BCUT2D eigenvalue weighted by Crippen LogP contribution is -1.79. The Morgan fingerprint density at radius 2 is 2.00 bits per heavy atom. The van der Waals surface area contributed by atoms with Gasteiger partial charge in [-0.2, -0.15) is 0 Å². The van der Waals surface area contributed by atoms with Gasteiger partial charge in [-0.05, 0) is 24.5 Å². The Morgan fingerprint density at radius 1 is 1.36 bits per heavy atom. The third-order valence-electron chi connectivity index (χ3n) is 1.48. The minimum absolute atomic E-state index is 1.06. The van der Waals surface area contributed by atoms with Crippen molar-refractivity contribution < 1.29 is 0 Å². The van der Waals surface area contributed by atoms with Gasteiger partial charge in [0.2, 0.25) is 0 Å². The van der Waals surface area contributed by atoms with Crippen molar-refractivity contribution in [1.82, 2.24) is 0 Å². The Labute approximate surface area is 69.6 Å². The van der Waals surface area contributed by atoms with Gasteiger partial charge in [-0.3, -0.25) is 0 Å². The number of hydrogen-bond donors (Lipinski definition) is 0. The van der Waals surface area contributed by atoms with E-state index >= 15 is 0 Å². The SMILES string of the molecule is C=C/C=C(C=C)/C(C)=C\CC. The normalized spacial score (nSPS) is 12.9. The van der Waals surface area contributed by atoms with Crippen molar-refractivity contribution in [3.05, 3.63) is 48.6 Å². The molecule has 0 aromatic heterocycles. The molecule has 0 saturated carbocycles. The maximum atomic E-state index is 3.73. The van der Waals surface area contributed by atoms with E-state index in [2.05, 4.69) is 33.1 Å². The highest BCUT2D eigenvalue weighted by molar-refractivity contribution is 5.39. The first-order chi connectivity index (χ1) is 5.26. The second kappa shape index (κ2) is 5.72. The van der Waals surface area contributed by atoms with Crippen molar-refractivity contribution in [2.45, 2.75) is 20.3 Å². The van der Waals surface area contributed by atoms with E-state index in [1.807, 2.05) is 12.2 Å². The lowest BCUT2D eigenvalue weighted by Gasteiger charge is -1.99. The third kappa shape index (κ3) is 3.61. The van der Waals surface area contributed by atoms with Crippen LogP contribution in [0.25, 0.3) is 0 Å². The summed E-state index contributed by atoms with van der Waals surface area (Å²) < 4.78 is 0. The maximum absolute atomic E-state index is 3.73. The Balaban J connectivity index is 4.50. The predicted molar refractivity (Wildman–Crippen MR) is 52.5 cm³/mol. The fraction of sp³-hybridized carbons (Fsp3) is 0.273. The standard InChI is InChI=1S/C11H16/c1-5-8-10(4)11(7-3)9-6-2/h6-9H,2-3,5H2,1,4H3/b10-8-,11-9+. The zero-order chi connectivity index (χ0) is 8.69. The lowest BCUT2D eigenvalue weighted by atomic mass is 10.1. The summed E-state index contributed by atoms with van der Waals surface area (Å²) in [5, 5.41) is 0. The topological polar surface area (TPSA) is 0 Å². The van der Waals surface area contributed by atoms with Crippen LogP contribution in [0.2, 0.25) is 0 Å². The molecule has 0 amide bonds. The van der Waals surface area contributed by atoms with Crippen LogP contribution in [0.1, 0.15) is 20.3 Å². The van der Waals surface area contributed by atoms with Crippen molar-refractivity contribution in [3.63, 3.8) is 0 Å². The van der Waals surface area contributed by atoms with Gasteiger partial charge in [0.1, 0.15) is 0 Å². The van der Waals surface area contributed by atoms with Crippen LogP contribution >= 0.6 is 0 Å². The zero-order valence-electron chi connectivity index (χ0n) is 7.43. The quantitative estimate of drug-likeness (QED) is 0.534. The molecule has 0 spiro atoms. The van der Waals surface area contributed by atoms with Crippen LogP contribution in [-0.2, 0) is 0 Å². The summed E-state index contributed by atoms with van der Waals surface area (Å²) >= 11 is 0. The highest BCUT2D eigenvalue weighted by Gasteiger charge is 1.90. The molecular formula is C11H16. The average Bonchev–Trinajstić information content (AvgIpc) is 2.00. The number of rotatable bonds is 4. The molecule has 0 unspecified atom stereocenters. The van der Waals surface area contributed by atoms with Crippen molar-refractivity contribution in [3.8, 4) is 0 Å². The predicted octanol–water partition coefficient (Wildman–Crippen LogP) is 3.64. The summed E-state index contributed by atoms with van der Waals surface area (Å²) in [4.78, 5) is 0. The van der Waals surface area contributed by atoms with E-state index in [-0.39, 0.29) is 0 Å². The monoisotopic (exact) mass is 148 g/mol. The molecule has 0 N–H and O–H groups in total. The van der Waals surface area contributed by atoms with Crippen molar-refractivity contribution in [2.24, 2.45) is 0 Å². The molecule has 0 aliphatic heterocycles. The number of allylic oxidation sites excluding steroid dienone is 6. The average molecular weight is 148 g/mol. The van der Waals surface area contributed by atoms with E-state index in [4.69, 9.17) is 0 Å². The molecule has 11 heavy (non-hydrogen) atoms. The van der Waals surface area contributed by atoms with Gasteiger partial charge < -0.3 is 0 Å². The van der Waals surface area contributed by atoms with Gasteiger partial charge in [-0.25, -0.2) is 0 Å². The maximum Gasteiger partial charge on any atom is -0.0237 e. The van der Waals surface area contributed by atoms with E-state index < -0.39 is 0 Å². The third-order valence-corrected chi connectivity index (χ3v) is 1.48.